The van der Waals surface area contributed by atoms with Gasteiger partial charge in [-0.05, 0) is 117 Å². The van der Waals surface area contributed by atoms with Crippen molar-refractivity contribution in [3.8, 4) is 5.75 Å². The van der Waals surface area contributed by atoms with E-state index in [1.54, 1.807) is 4.90 Å². The minimum absolute atomic E-state index is 0.0198. The highest BCUT2D eigenvalue weighted by Crippen LogP contribution is 2.35. The Morgan fingerprint density at radius 1 is 1.03 bits per heavy atom. The first-order valence-corrected chi connectivity index (χ1v) is 13.3. The number of aliphatic imine (C=N–C) groups is 1. The molecule has 4 rings (SSSR count). The van der Waals surface area contributed by atoms with Gasteiger partial charge in [0.1, 0.15) is 12.4 Å². The third kappa shape index (κ3) is 5.14. The molecule has 0 radical (unpaired) electrons. The molecule has 1 fully saturated rings. The van der Waals surface area contributed by atoms with Gasteiger partial charge in [0.2, 0.25) is 0 Å². The van der Waals surface area contributed by atoms with Gasteiger partial charge in [0.15, 0.2) is 5.17 Å². The number of fused-ring (bicyclic) bond motifs is 1. The lowest BCUT2D eigenvalue weighted by molar-refractivity contribution is -0.122. The van der Waals surface area contributed by atoms with Crippen molar-refractivity contribution in [3.63, 3.8) is 0 Å². The zero-order valence-electron chi connectivity index (χ0n) is 17.8. The van der Waals surface area contributed by atoms with Crippen LogP contribution in [0.2, 0.25) is 0 Å². The Balaban J connectivity index is 1.53. The van der Waals surface area contributed by atoms with Crippen LogP contribution in [0.15, 0.2) is 64.5 Å². The summed E-state index contributed by atoms with van der Waals surface area (Å²) in [5.74, 6) is 0.890. The number of nitrogens with zero attached hydrogens (tertiary/aromatic N) is 2. The second kappa shape index (κ2) is 10.6. The van der Waals surface area contributed by atoms with Crippen molar-refractivity contribution in [2.45, 2.75) is 20.5 Å². The average molecular weight is 668 g/mol. The Hall–Kier alpha value is -1.59. The van der Waals surface area contributed by atoms with Crippen molar-refractivity contribution < 1.29 is 9.53 Å². The molecular weight excluding hydrogens is 646 g/mol. The predicted octanol–water partition coefficient (Wildman–Crippen LogP) is 6.94. The molecule has 0 N–H and O–H groups in total. The molecule has 1 aliphatic heterocycles. The average Bonchev–Trinajstić information content (AvgIpc) is 3.07. The Morgan fingerprint density at radius 3 is 2.44 bits per heavy atom. The maximum Gasteiger partial charge on any atom is 0.266 e. The molecule has 3 aromatic carbocycles. The highest BCUT2D eigenvalue weighted by Gasteiger charge is 2.31. The summed E-state index contributed by atoms with van der Waals surface area (Å²) < 4.78 is 8.24. The summed E-state index contributed by atoms with van der Waals surface area (Å²) in [6.45, 7) is 5.75. The van der Waals surface area contributed by atoms with Gasteiger partial charge in [-0.15, -0.1) is 0 Å². The number of hydrogen-bond donors (Lipinski definition) is 0. The molecular formula is C25H22I2N2O2S. The third-order valence-electron chi connectivity index (χ3n) is 5.01. The van der Waals surface area contributed by atoms with Gasteiger partial charge in [0, 0.05) is 13.1 Å². The van der Waals surface area contributed by atoms with Gasteiger partial charge in [-0.1, -0.05) is 36.4 Å². The van der Waals surface area contributed by atoms with Gasteiger partial charge in [-0.25, -0.2) is 0 Å². The standard InChI is InChI=1S/C25H22I2N2O2S/c1-3-28-25-29(4-2)24(30)22(32-25)14-17-12-20(26)23(21(27)13-17)31-15-16-9-10-18-7-5-6-8-19(18)11-16/h5-14H,3-4,15H2,1-2H3/b22-14-,28-25?. The number of carbonyl (C=O) groups excluding carboxylic acids is 1. The molecule has 3 aromatic rings. The number of carbonyl (C=O) groups is 1. The quantitative estimate of drug-likeness (QED) is 0.211. The first kappa shape index (κ1) is 23.6. The zero-order chi connectivity index (χ0) is 22.7. The molecule has 0 spiro atoms. The van der Waals surface area contributed by atoms with Crippen LogP contribution in [-0.2, 0) is 11.4 Å². The summed E-state index contributed by atoms with van der Waals surface area (Å²) in [7, 11) is 0. The van der Waals surface area contributed by atoms with Crippen LogP contribution in [-0.4, -0.2) is 29.1 Å². The number of ether oxygens (including phenoxy) is 1. The Kier molecular flexibility index (Phi) is 7.78. The Bertz CT molecular complexity index is 1220. The number of likely N-dealkylation sites (N-methyl/N-ethyl adjacent to an activating group) is 1. The number of amides is 1. The summed E-state index contributed by atoms with van der Waals surface area (Å²) in [5.41, 5.74) is 2.12. The number of amidine groups is 1. The van der Waals surface area contributed by atoms with E-state index in [1.807, 2.05) is 19.9 Å². The van der Waals surface area contributed by atoms with E-state index in [-0.39, 0.29) is 5.91 Å². The van der Waals surface area contributed by atoms with Crippen molar-refractivity contribution in [2.24, 2.45) is 4.99 Å². The van der Waals surface area contributed by atoms with Crippen molar-refractivity contribution in [2.75, 3.05) is 13.1 Å². The minimum Gasteiger partial charge on any atom is -0.487 e. The molecule has 0 bridgehead atoms. The molecule has 1 amide bonds. The minimum atomic E-state index is 0.0198. The maximum absolute atomic E-state index is 12.7. The van der Waals surface area contributed by atoms with Gasteiger partial charge in [0.05, 0.1) is 12.0 Å². The number of hydrogen-bond acceptors (Lipinski definition) is 4. The Labute approximate surface area is 219 Å². The molecule has 1 heterocycles. The van der Waals surface area contributed by atoms with Crippen LogP contribution < -0.4 is 4.74 Å². The molecule has 7 heteroatoms. The highest BCUT2D eigenvalue weighted by atomic mass is 127. The molecule has 32 heavy (non-hydrogen) atoms. The summed E-state index contributed by atoms with van der Waals surface area (Å²) >= 11 is 6.06. The smallest absolute Gasteiger partial charge is 0.266 e. The van der Waals surface area contributed by atoms with E-state index in [0.717, 1.165) is 29.2 Å². The van der Waals surface area contributed by atoms with Gasteiger partial charge in [0.25, 0.3) is 5.91 Å². The summed E-state index contributed by atoms with van der Waals surface area (Å²) in [6, 6.07) is 18.9. The van der Waals surface area contributed by atoms with E-state index in [2.05, 4.69) is 105 Å². The molecule has 0 unspecified atom stereocenters. The van der Waals surface area contributed by atoms with Gasteiger partial charge < -0.3 is 4.74 Å². The van der Waals surface area contributed by atoms with E-state index < -0.39 is 0 Å². The second-order valence-electron chi connectivity index (χ2n) is 7.20. The molecule has 0 aliphatic carbocycles. The van der Waals surface area contributed by atoms with E-state index >= 15 is 0 Å². The summed E-state index contributed by atoms with van der Waals surface area (Å²) in [6.07, 6.45) is 1.95. The third-order valence-corrected chi connectivity index (χ3v) is 7.66. The first-order chi connectivity index (χ1) is 15.5. The lowest BCUT2D eigenvalue weighted by atomic mass is 10.1. The van der Waals surface area contributed by atoms with Crippen molar-refractivity contribution >= 4 is 84.9 Å². The molecule has 1 saturated heterocycles. The van der Waals surface area contributed by atoms with Crippen LogP contribution in [0, 0.1) is 7.14 Å². The SMILES string of the molecule is CCN=C1S/C(=C\c2cc(I)c(OCc3ccc4ccccc4c3)c(I)c2)C(=O)N1CC. The fraction of sp³-hybridized carbons (Fsp3) is 0.200. The van der Waals surface area contributed by atoms with Crippen LogP contribution in [0.4, 0.5) is 0 Å². The second-order valence-corrected chi connectivity index (χ2v) is 10.5. The van der Waals surface area contributed by atoms with Gasteiger partial charge in [-0.2, -0.15) is 0 Å². The monoisotopic (exact) mass is 668 g/mol. The molecule has 0 saturated carbocycles. The summed E-state index contributed by atoms with van der Waals surface area (Å²) in [4.78, 5) is 19.6. The molecule has 4 nitrogen and oxygen atoms in total. The van der Waals surface area contributed by atoms with Crippen LogP contribution in [0.1, 0.15) is 25.0 Å². The van der Waals surface area contributed by atoms with E-state index in [4.69, 9.17) is 4.74 Å². The Morgan fingerprint density at radius 2 is 1.75 bits per heavy atom. The van der Waals surface area contributed by atoms with E-state index in [0.29, 0.717) is 24.6 Å². The van der Waals surface area contributed by atoms with Crippen molar-refractivity contribution in [3.05, 3.63) is 77.8 Å². The number of thioether (sulfide) groups is 1. The number of rotatable bonds is 6. The molecule has 164 valence electrons. The van der Waals surface area contributed by atoms with Crippen LogP contribution in [0.5, 0.6) is 5.75 Å². The summed E-state index contributed by atoms with van der Waals surface area (Å²) in [5, 5.41) is 3.22. The molecule has 0 aromatic heterocycles. The van der Waals surface area contributed by atoms with Crippen LogP contribution in [0.3, 0.4) is 0 Å². The highest BCUT2D eigenvalue weighted by molar-refractivity contribution is 14.1. The van der Waals surface area contributed by atoms with E-state index in [1.165, 1.54) is 22.5 Å². The predicted molar refractivity (Wildman–Crippen MR) is 151 cm³/mol. The van der Waals surface area contributed by atoms with Crippen molar-refractivity contribution in [1.82, 2.24) is 4.90 Å². The number of halogens is 2. The number of benzene rings is 3. The lowest BCUT2D eigenvalue weighted by Gasteiger charge is -2.12. The van der Waals surface area contributed by atoms with Crippen LogP contribution in [0.25, 0.3) is 16.8 Å². The van der Waals surface area contributed by atoms with Crippen molar-refractivity contribution in [1.29, 1.82) is 0 Å². The molecule has 1 aliphatic rings. The van der Waals surface area contributed by atoms with Gasteiger partial charge >= 0.3 is 0 Å². The fourth-order valence-corrected chi connectivity index (χ4v) is 6.71. The van der Waals surface area contributed by atoms with Gasteiger partial charge in [-0.3, -0.25) is 14.7 Å². The lowest BCUT2D eigenvalue weighted by Crippen LogP contribution is -2.28. The molecule has 0 atom stereocenters. The first-order valence-electron chi connectivity index (χ1n) is 10.4. The largest absolute Gasteiger partial charge is 0.487 e. The fourth-order valence-electron chi connectivity index (χ4n) is 3.48. The zero-order valence-corrected chi connectivity index (χ0v) is 22.9. The maximum atomic E-state index is 12.7. The topological polar surface area (TPSA) is 41.9 Å². The van der Waals surface area contributed by atoms with E-state index in [9.17, 15) is 4.79 Å². The normalized spacial score (nSPS) is 16.5. The van der Waals surface area contributed by atoms with Crippen LogP contribution >= 0.6 is 56.9 Å².